The van der Waals surface area contributed by atoms with E-state index < -0.39 is 0 Å². The summed E-state index contributed by atoms with van der Waals surface area (Å²) in [5, 5.41) is 12.8. The maximum absolute atomic E-state index is 12.8. The van der Waals surface area contributed by atoms with Crippen molar-refractivity contribution in [2.45, 2.75) is 6.61 Å². The van der Waals surface area contributed by atoms with Crippen LogP contribution >= 0.6 is 0 Å². The minimum atomic E-state index is -0.294. The van der Waals surface area contributed by atoms with Crippen molar-refractivity contribution in [3.8, 4) is 11.1 Å². The van der Waals surface area contributed by atoms with Crippen LogP contribution in [0.4, 0.5) is 11.5 Å². The number of carbonyl (C=O) groups is 1. The summed E-state index contributed by atoms with van der Waals surface area (Å²) >= 11 is 0. The molecule has 1 aliphatic rings. The van der Waals surface area contributed by atoms with Crippen LogP contribution in [0, 0.1) is 0 Å². The predicted molar refractivity (Wildman–Crippen MR) is 115 cm³/mol. The first-order valence-electron chi connectivity index (χ1n) is 9.92. The number of amides is 1. The molecule has 1 saturated heterocycles. The van der Waals surface area contributed by atoms with Crippen LogP contribution < -0.4 is 10.9 Å². The van der Waals surface area contributed by atoms with Gasteiger partial charge in [-0.05, 0) is 35.9 Å². The summed E-state index contributed by atoms with van der Waals surface area (Å²) in [6, 6.07) is 8.67. The van der Waals surface area contributed by atoms with Gasteiger partial charge in [0.15, 0.2) is 0 Å². The molecule has 0 spiro atoms. The number of aliphatic hydroxyl groups excluding tert-OH is 1. The molecule has 31 heavy (non-hydrogen) atoms. The molecule has 0 saturated carbocycles. The third kappa shape index (κ3) is 4.32. The molecular formula is C22H23N5O4. The number of anilines is 2. The van der Waals surface area contributed by atoms with Gasteiger partial charge in [-0.2, -0.15) is 0 Å². The van der Waals surface area contributed by atoms with Gasteiger partial charge < -0.3 is 24.6 Å². The maximum Gasteiger partial charge on any atom is 0.274 e. The van der Waals surface area contributed by atoms with Gasteiger partial charge in [0.25, 0.3) is 11.5 Å². The van der Waals surface area contributed by atoms with E-state index in [1.807, 2.05) is 12.1 Å². The highest BCUT2D eigenvalue weighted by atomic mass is 16.5. The lowest BCUT2D eigenvalue weighted by molar-refractivity contribution is 0.0302. The molecule has 0 aromatic carbocycles. The SMILES string of the molecule is Cn1c(CO)c(-c2ccncc2)cc(Nc2ccc(C(=O)N3CCOCC3)cn2)c1=O. The van der Waals surface area contributed by atoms with Crippen molar-refractivity contribution in [2.75, 3.05) is 31.6 Å². The van der Waals surface area contributed by atoms with Gasteiger partial charge in [-0.15, -0.1) is 0 Å². The molecule has 4 heterocycles. The summed E-state index contributed by atoms with van der Waals surface area (Å²) in [5.41, 5.74) is 2.55. The molecule has 9 heteroatoms. The number of pyridine rings is 3. The average Bonchev–Trinajstić information content (AvgIpc) is 2.83. The van der Waals surface area contributed by atoms with Crippen LogP contribution in [0.1, 0.15) is 16.1 Å². The normalized spacial score (nSPS) is 13.8. The van der Waals surface area contributed by atoms with Crippen LogP contribution in [0.15, 0.2) is 53.7 Å². The summed E-state index contributed by atoms with van der Waals surface area (Å²) < 4.78 is 6.69. The van der Waals surface area contributed by atoms with E-state index in [4.69, 9.17) is 4.74 Å². The van der Waals surface area contributed by atoms with E-state index in [0.717, 1.165) is 5.56 Å². The van der Waals surface area contributed by atoms with E-state index in [2.05, 4.69) is 15.3 Å². The molecule has 0 aliphatic carbocycles. The number of aliphatic hydroxyl groups is 1. The van der Waals surface area contributed by atoms with Crippen LogP contribution in [0.5, 0.6) is 0 Å². The van der Waals surface area contributed by atoms with Crippen molar-refractivity contribution in [3.05, 3.63) is 70.5 Å². The van der Waals surface area contributed by atoms with Crippen molar-refractivity contribution in [1.29, 1.82) is 0 Å². The Morgan fingerprint density at radius 2 is 1.94 bits per heavy atom. The van der Waals surface area contributed by atoms with Crippen LogP contribution in [0.3, 0.4) is 0 Å². The molecule has 160 valence electrons. The van der Waals surface area contributed by atoms with Crippen LogP contribution in [0.25, 0.3) is 11.1 Å². The van der Waals surface area contributed by atoms with Gasteiger partial charge in [-0.1, -0.05) is 0 Å². The number of ether oxygens (including phenoxy) is 1. The van der Waals surface area contributed by atoms with Gasteiger partial charge in [0.1, 0.15) is 11.5 Å². The van der Waals surface area contributed by atoms with Crippen molar-refractivity contribution in [3.63, 3.8) is 0 Å². The fourth-order valence-electron chi connectivity index (χ4n) is 3.52. The Balaban J connectivity index is 1.61. The molecule has 3 aromatic heterocycles. The number of nitrogens with one attached hydrogen (secondary N) is 1. The zero-order valence-corrected chi connectivity index (χ0v) is 17.1. The Morgan fingerprint density at radius 3 is 2.58 bits per heavy atom. The third-order valence-corrected chi connectivity index (χ3v) is 5.25. The standard InChI is InChI=1S/C22H23N5O4/c1-26-19(14-28)17(15-4-6-23-7-5-15)12-18(22(26)30)25-20-3-2-16(13-24-20)21(29)27-8-10-31-11-9-27/h2-7,12-13,28H,8-11,14H2,1H3,(H,24,25). The molecular weight excluding hydrogens is 398 g/mol. The van der Waals surface area contributed by atoms with Gasteiger partial charge in [0.2, 0.25) is 0 Å². The first-order chi connectivity index (χ1) is 15.1. The molecule has 0 radical (unpaired) electrons. The molecule has 0 atom stereocenters. The molecule has 1 aliphatic heterocycles. The first kappa shape index (κ1) is 20.7. The molecule has 3 aromatic rings. The van der Waals surface area contributed by atoms with E-state index >= 15 is 0 Å². The number of nitrogens with zero attached hydrogens (tertiary/aromatic N) is 4. The number of hydrogen-bond acceptors (Lipinski definition) is 7. The fourth-order valence-corrected chi connectivity index (χ4v) is 3.52. The largest absolute Gasteiger partial charge is 0.390 e. The Labute approximate surface area is 179 Å². The smallest absolute Gasteiger partial charge is 0.274 e. The minimum Gasteiger partial charge on any atom is -0.390 e. The van der Waals surface area contributed by atoms with E-state index in [-0.39, 0.29) is 18.1 Å². The highest BCUT2D eigenvalue weighted by Crippen LogP contribution is 2.25. The van der Waals surface area contributed by atoms with Gasteiger partial charge in [0, 0.05) is 44.3 Å². The van der Waals surface area contributed by atoms with Gasteiger partial charge in [-0.3, -0.25) is 14.6 Å². The first-order valence-corrected chi connectivity index (χ1v) is 9.92. The Morgan fingerprint density at radius 1 is 1.19 bits per heavy atom. The molecule has 1 amide bonds. The lowest BCUT2D eigenvalue weighted by Gasteiger charge is -2.26. The van der Waals surface area contributed by atoms with Crippen molar-refractivity contribution in [2.24, 2.45) is 7.05 Å². The highest BCUT2D eigenvalue weighted by Gasteiger charge is 2.19. The van der Waals surface area contributed by atoms with Gasteiger partial charge >= 0.3 is 0 Å². The monoisotopic (exact) mass is 421 g/mol. The molecule has 2 N–H and O–H groups in total. The quantitative estimate of drug-likeness (QED) is 0.643. The van der Waals surface area contributed by atoms with Gasteiger partial charge in [0.05, 0.1) is 31.1 Å². The van der Waals surface area contributed by atoms with Crippen LogP contribution in [-0.4, -0.2) is 56.8 Å². The van der Waals surface area contributed by atoms with Crippen molar-refractivity contribution in [1.82, 2.24) is 19.4 Å². The fraction of sp³-hybridized carbons (Fsp3) is 0.273. The summed E-state index contributed by atoms with van der Waals surface area (Å²) in [7, 11) is 1.61. The summed E-state index contributed by atoms with van der Waals surface area (Å²) in [4.78, 5) is 35.4. The number of carbonyl (C=O) groups excluding carboxylic acids is 1. The molecule has 9 nitrogen and oxygen atoms in total. The second-order valence-corrected chi connectivity index (χ2v) is 7.14. The lowest BCUT2D eigenvalue weighted by atomic mass is 10.0. The molecule has 0 unspecified atom stereocenters. The Kier molecular flexibility index (Phi) is 6.06. The molecule has 1 fully saturated rings. The average molecular weight is 421 g/mol. The van der Waals surface area contributed by atoms with Crippen LogP contribution in [0.2, 0.25) is 0 Å². The molecule has 4 rings (SSSR count). The zero-order chi connectivity index (χ0) is 21.8. The summed E-state index contributed by atoms with van der Waals surface area (Å²) in [6.45, 7) is 1.91. The maximum atomic E-state index is 12.8. The minimum absolute atomic E-state index is 0.0921. The Bertz CT molecular complexity index is 1120. The number of hydrogen-bond donors (Lipinski definition) is 2. The van der Waals surface area contributed by atoms with Crippen molar-refractivity contribution < 1.29 is 14.6 Å². The lowest BCUT2D eigenvalue weighted by Crippen LogP contribution is -2.40. The zero-order valence-electron chi connectivity index (χ0n) is 17.1. The van der Waals surface area contributed by atoms with E-state index in [9.17, 15) is 14.7 Å². The highest BCUT2D eigenvalue weighted by molar-refractivity contribution is 5.94. The van der Waals surface area contributed by atoms with E-state index in [0.29, 0.717) is 54.6 Å². The second-order valence-electron chi connectivity index (χ2n) is 7.14. The van der Waals surface area contributed by atoms with Crippen molar-refractivity contribution >= 4 is 17.4 Å². The predicted octanol–water partition coefficient (Wildman–Crippen LogP) is 1.55. The number of morpholine rings is 1. The van der Waals surface area contributed by atoms with E-state index in [1.54, 1.807) is 42.5 Å². The second kappa shape index (κ2) is 9.07. The third-order valence-electron chi connectivity index (χ3n) is 5.25. The van der Waals surface area contributed by atoms with Gasteiger partial charge in [-0.25, -0.2) is 4.98 Å². The van der Waals surface area contributed by atoms with E-state index in [1.165, 1.54) is 10.8 Å². The number of rotatable bonds is 5. The number of aromatic nitrogens is 3. The Hall–Kier alpha value is -3.56. The summed E-state index contributed by atoms with van der Waals surface area (Å²) in [5.74, 6) is 0.346. The summed E-state index contributed by atoms with van der Waals surface area (Å²) in [6.07, 6.45) is 4.80. The topological polar surface area (TPSA) is 110 Å². The molecule has 0 bridgehead atoms. The van der Waals surface area contributed by atoms with Crippen LogP contribution in [-0.2, 0) is 18.4 Å².